The van der Waals surface area contributed by atoms with Crippen molar-refractivity contribution in [2.45, 2.75) is 28.5 Å². The summed E-state index contributed by atoms with van der Waals surface area (Å²) < 4.78 is 19.3. The lowest BCUT2D eigenvalue weighted by Gasteiger charge is -2.50. The van der Waals surface area contributed by atoms with E-state index < -0.39 is 96.2 Å². The van der Waals surface area contributed by atoms with Crippen molar-refractivity contribution in [2.75, 3.05) is 35.9 Å². The van der Waals surface area contributed by atoms with Crippen LogP contribution in [0.2, 0.25) is 0 Å². The number of phenols is 1. The molecule has 3 aromatic carbocycles. The molecule has 6 atom stereocenters. The number of benzene rings is 3. The number of aromatic hydroxyl groups is 1. The average Bonchev–Trinajstić information content (AvgIpc) is 3.45. The number of imide groups is 2. The molecular formula is C35H28Cl2FN5O10. The number of amides is 4. The molecule has 0 aromatic heterocycles. The molecule has 0 bridgehead atoms. The first kappa shape index (κ1) is 35.8. The van der Waals surface area contributed by atoms with E-state index in [9.17, 15) is 48.9 Å². The van der Waals surface area contributed by atoms with Crippen LogP contribution >= 0.6 is 23.2 Å². The third kappa shape index (κ3) is 4.91. The SMILES string of the molecule is COc1ccc(O)c([C@H]2C3=CC[C@@H]4C(=O)N(c5cc([N+](=O)[O-])c(N(C)C)c([N+](=O)[O-])c5)C(=O)[C@@H]4[C@@H]3C[C@@]3(Cl)C(=O)N(c4ccc(F)cc4)C(=O)[C@@]23Cl)c1. The minimum absolute atomic E-state index is 0.0278. The number of alkyl halides is 2. The number of nitrogens with zero attached hydrogens (tertiary/aromatic N) is 5. The zero-order valence-corrected chi connectivity index (χ0v) is 29.5. The van der Waals surface area contributed by atoms with Gasteiger partial charge < -0.3 is 14.7 Å². The van der Waals surface area contributed by atoms with E-state index in [0.717, 1.165) is 29.2 Å². The van der Waals surface area contributed by atoms with E-state index in [2.05, 4.69) is 0 Å². The van der Waals surface area contributed by atoms with Crippen molar-refractivity contribution in [2.24, 2.45) is 17.8 Å². The number of ether oxygens (including phenoxy) is 1. The average molecular weight is 769 g/mol. The van der Waals surface area contributed by atoms with Gasteiger partial charge in [0.25, 0.3) is 11.8 Å². The molecule has 4 aliphatic rings. The standard InChI is InChI=1S/C35H28Cl2FN5O10/c1-39(2)29-24(42(49)50)12-18(13-25(29)43(51)52)40-30(45)21-10-9-20-23(27(21)31(40)46)15-34(36)32(47)41(17-6-4-16(38)5-7-17)33(48)35(34,37)28(20)22-14-19(53-3)8-11-26(22)44/h4-9,11-14,21,23,27-28,44H,10,15H2,1-3H3/t21-,23+,27-,28+,34+,35-/m0/s1. The maximum Gasteiger partial charge on any atom is 0.301 e. The Hall–Kier alpha value is -5.61. The molecule has 2 aliphatic carbocycles. The fourth-order valence-electron chi connectivity index (χ4n) is 8.34. The predicted molar refractivity (Wildman–Crippen MR) is 188 cm³/mol. The highest BCUT2D eigenvalue weighted by molar-refractivity contribution is 6.58. The van der Waals surface area contributed by atoms with Crippen molar-refractivity contribution in [3.05, 3.63) is 97.9 Å². The minimum atomic E-state index is -2.34. The number of nitro groups is 2. The number of carbonyl (C=O) groups is 4. The Bertz CT molecular complexity index is 2180. The Morgan fingerprint density at radius 2 is 1.51 bits per heavy atom. The Balaban J connectivity index is 1.40. The number of carbonyl (C=O) groups excluding carboxylic acids is 4. The van der Waals surface area contributed by atoms with E-state index in [0.29, 0.717) is 10.5 Å². The Morgan fingerprint density at radius 3 is 2.08 bits per heavy atom. The molecule has 15 nitrogen and oxygen atoms in total. The van der Waals surface area contributed by atoms with E-state index in [1.54, 1.807) is 6.08 Å². The molecule has 2 saturated heterocycles. The van der Waals surface area contributed by atoms with Gasteiger partial charge >= 0.3 is 11.4 Å². The molecule has 3 aromatic rings. The summed E-state index contributed by atoms with van der Waals surface area (Å²) in [5.41, 5.74) is -1.90. The Labute approximate surface area is 309 Å². The maximum atomic E-state index is 14.5. The number of hydrogen-bond donors (Lipinski definition) is 1. The van der Waals surface area contributed by atoms with E-state index in [-0.39, 0.29) is 34.9 Å². The molecule has 2 heterocycles. The van der Waals surface area contributed by atoms with Crippen molar-refractivity contribution in [3.63, 3.8) is 0 Å². The van der Waals surface area contributed by atoms with Crippen molar-refractivity contribution < 1.29 is 43.3 Å². The first-order valence-corrected chi connectivity index (χ1v) is 16.8. The third-order valence-electron chi connectivity index (χ3n) is 10.6. The van der Waals surface area contributed by atoms with Gasteiger partial charge in [-0.3, -0.25) is 39.4 Å². The number of anilines is 3. The van der Waals surface area contributed by atoms with Gasteiger partial charge in [0, 0.05) is 37.7 Å². The van der Waals surface area contributed by atoms with E-state index in [1.165, 1.54) is 56.4 Å². The fourth-order valence-corrected chi connectivity index (χ4v) is 9.27. The van der Waals surface area contributed by atoms with Crippen LogP contribution in [0.3, 0.4) is 0 Å². The predicted octanol–water partition coefficient (Wildman–Crippen LogP) is 5.19. The number of allylic oxidation sites excluding steroid dienone is 2. The van der Waals surface area contributed by atoms with Crippen molar-refractivity contribution in [3.8, 4) is 11.5 Å². The van der Waals surface area contributed by atoms with Crippen LogP contribution in [-0.2, 0) is 19.2 Å². The fraction of sp³-hybridized carbons (Fsp3) is 0.314. The summed E-state index contributed by atoms with van der Waals surface area (Å²) in [7, 11) is 4.10. The molecule has 274 valence electrons. The quantitative estimate of drug-likeness (QED) is 0.109. The number of methoxy groups -OCH3 is 1. The molecular weight excluding hydrogens is 740 g/mol. The van der Waals surface area contributed by atoms with Crippen LogP contribution in [0, 0.1) is 43.8 Å². The second-order valence-corrected chi connectivity index (χ2v) is 14.7. The summed E-state index contributed by atoms with van der Waals surface area (Å²) in [4.78, 5) is 78.0. The highest BCUT2D eigenvalue weighted by Gasteiger charge is 2.77. The molecule has 7 rings (SSSR count). The maximum absolute atomic E-state index is 14.5. The molecule has 53 heavy (non-hydrogen) atoms. The first-order valence-electron chi connectivity index (χ1n) is 16.1. The lowest BCUT2D eigenvalue weighted by atomic mass is 9.56. The van der Waals surface area contributed by atoms with Crippen molar-refractivity contribution in [1.29, 1.82) is 0 Å². The van der Waals surface area contributed by atoms with Gasteiger partial charge in [-0.15, -0.1) is 23.2 Å². The van der Waals surface area contributed by atoms with Crippen LogP contribution in [0.5, 0.6) is 11.5 Å². The highest BCUT2D eigenvalue weighted by atomic mass is 35.5. The smallest absolute Gasteiger partial charge is 0.301 e. The number of fused-ring (bicyclic) bond motifs is 4. The normalized spacial score (nSPS) is 27.6. The molecule has 1 saturated carbocycles. The summed E-state index contributed by atoms with van der Waals surface area (Å²) in [6.07, 6.45) is 1.04. The van der Waals surface area contributed by atoms with Crippen LogP contribution < -0.4 is 19.4 Å². The second kappa shape index (κ2) is 12.2. The summed E-state index contributed by atoms with van der Waals surface area (Å²) >= 11 is 14.7. The van der Waals surface area contributed by atoms with Gasteiger partial charge in [0.2, 0.25) is 11.8 Å². The van der Waals surface area contributed by atoms with Gasteiger partial charge in [-0.25, -0.2) is 14.2 Å². The Morgan fingerprint density at radius 1 is 0.887 bits per heavy atom. The van der Waals surface area contributed by atoms with Gasteiger partial charge in [0.05, 0.1) is 40.2 Å². The van der Waals surface area contributed by atoms with E-state index >= 15 is 0 Å². The summed E-state index contributed by atoms with van der Waals surface area (Å²) in [6.45, 7) is 0. The Kier molecular flexibility index (Phi) is 8.26. The van der Waals surface area contributed by atoms with Crippen LogP contribution in [-0.4, -0.2) is 69.5 Å². The van der Waals surface area contributed by atoms with Crippen LogP contribution in [0.4, 0.5) is 32.8 Å². The largest absolute Gasteiger partial charge is 0.508 e. The lowest BCUT2D eigenvalue weighted by Crippen LogP contribution is -2.60. The zero-order chi connectivity index (χ0) is 38.5. The van der Waals surface area contributed by atoms with Crippen LogP contribution in [0.15, 0.2) is 66.2 Å². The number of phenolic OH excluding ortho intramolecular Hbond substituents is 1. The molecule has 0 unspecified atom stereocenters. The summed E-state index contributed by atoms with van der Waals surface area (Å²) in [5.74, 6) is -9.24. The first-order chi connectivity index (χ1) is 25.0. The highest BCUT2D eigenvalue weighted by Crippen LogP contribution is 2.66. The topological polar surface area (TPSA) is 194 Å². The molecule has 0 spiro atoms. The van der Waals surface area contributed by atoms with Crippen LogP contribution in [0.25, 0.3) is 0 Å². The van der Waals surface area contributed by atoms with Gasteiger partial charge in [0.15, 0.2) is 15.4 Å². The minimum Gasteiger partial charge on any atom is -0.508 e. The number of rotatable bonds is 7. The van der Waals surface area contributed by atoms with Crippen molar-refractivity contribution in [1.82, 2.24) is 0 Å². The third-order valence-corrected chi connectivity index (χ3v) is 12.0. The van der Waals surface area contributed by atoms with Crippen LogP contribution in [0.1, 0.15) is 24.3 Å². The van der Waals surface area contributed by atoms with Gasteiger partial charge in [-0.1, -0.05) is 11.6 Å². The molecule has 4 amide bonds. The van der Waals surface area contributed by atoms with Gasteiger partial charge in [-0.2, -0.15) is 0 Å². The zero-order valence-electron chi connectivity index (χ0n) is 28.0. The van der Waals surface area contributed by atoms with Gasteiger partial charge in [0.1, 0.15) is 17.3 Å². The van der Waals surface area contributed by atoms with Gasteiger partial charge in [-0.05, 0) is 61.2 Å². The number of halogens is 3. The number of hydrogen-bond acceptors (Lipinski definition) is 11. The molecule has 18 heteroatoms. The lowest BCUT2D eigenvalue weighted by molar-refractivity contribution is -0.392. The van der Waals surface area contributed by atoms with E-state index in [1.807, 2.05) is 0 Å². The molecule has 2 aliphatic heterocycles. The molecule has 0 radical (unpaired) electrons. The summed E-state index contributed by atoms with van der Waals surface area (Å²) in [5, 5.41) is 35.5. The summed E-state index contributed by atoms with van der Waals surface area (Å²) in [6, 6.07) is 10.4. The van der Waals surface area contributed by atoms with E-state index in [4.69, 9.17) is 27.9 Å². The second-order valence-electron chi connectivity index (χ2n) is 13.4. The number of nitro benzene ring substituents is 2. The molecule has 3 fully saturated rings. The van der Waals surface area contributed by atoms with Crippen molar-refractivity contribution >= 4 is 75.3 Å². The monoisotopic (exact) mass is 767 g/mol. The molecule has 1 N–H and O–H groups in total.